The number of nitrogens with zero attached hydrogens (tertiary/aromatic N) is 1. The highest BCUT2D eigenvalue weighted by Crippen LogP contribution is 2.15. The number of rotatable bonds is 3. The average molecular weight is 277 g/mol. The lowest BCUT2D eigenvalue weighted by Crippen LogP contribution is -2.23. The number of carbonyl (C=O) groups excluding carboxylic acids is 1. The molecule has 2 rings (SSSR count). The summed E-state index contributed by atoms with van der Waals surface area (Å²) in [6.45, 7) is 0. The molecule has 2 aromatic heterocycles. The molecule has 0 saturated heterocycles. The third kappa shape index (κ3) is 2.60. The molecule has 0 aliphatic carbocycles. The standard InChI is InChI=1S/C12H11N3O3S/c1-19(18)11-9(16)6-8(15-10(11)12(13)17)7-4-2-3-5-14-7/h2-6H,1H3,(H2,13,17)(H,15,16). The van der Waals surface area contributed by atoms with Gasteiger partial charge in [0.2, 0.25) is 0 Å². The minimum Gasteiger partial charge on any atom is -0.364 e. The molecule has 0 aromatic carbocycles. The van der Waals surface area contributed by atoms with E-state index in [0.29, 0.717) is 11.4 Å². The van der Waals surface area contributed by atoms with Crippen molar-refractivity contribution in [3.05, 3.63) is 46.4 Å². The molecular weight excluding hydrogens is 266 g/mol. The van der Waals surface area contributed by atoms with Crippen LogP contribution in [0.3, 0.4) is 0 Å². The summed E-state index contributed by atoms with van der Waals surface area (Å²) in [5.41, 5.74) is 5.41. The quantitative estimate of drug-likeness (QED) is 0.840. The van der Waals surface area contributed by atoms with Crippen molar-refractivity contribution in [1.82, 2.24) is 9.97 Å². The highest BCUT2D eigenvalue weighted by atomic mass is 32.2. The summed E-state index contributed by atoms with van der Waals surface area (Å²) in [4.78, 5) is 30.0. The summed E-state index contributed by atoms with van der Waals surface area (Å²) in [6.07, 6.45) is 2.88. The number of carbonyl (C=O) groups is 1. The molecule has 19 heavy (non-hydrogen) atoms. The van der Waals surface area contributed by atoms with Crippen molar-refractivity contribution in [1.29, 1.82) is 0 Å². The number of nitrogens with two attached hydrogens (primary N) is 1. The van der Waals surface area contributed by atoms with Gasteiger partial charge in [-0.05, 0) is 12.1 Å². The van der Waals surface area contributed by atoms with Gasteiger partial charge in [-0.15, -0.1) is 0 Å². The van der Waals surface area contributed by atoms with E-state index < -0.39 is 22.1 Å². The monoisotopic (exact) mass is 277 g/mol. The zero-order chi connectivity index (χ0) is 14.0. The normalized spacial score (nSPS) is 12.1. The van der Waals surface area contributed by atoms with Crippen LogP contribution in [0.25, 0.3) is 11.4 Å². The predicted octanol–water partition coefficient (Wildman–Crippen LogP) is 0.273. The molecule has 98 valence electrons. The zero-order valence-electron chi connectivity index (χ0n) is 10.0. The lowest BCUT2D eigenvalue weighted by molar-refractivity contribution is 0.0992. The molecule has 7 heteroatoms. The van der Waals surface area contributed by atoms with Gasteiger partial charge in [-0.25, -0.2) is 0 Å². The van der Waals surface area contributed by atoms with Crippen LogP contribution < -0.4 is 11.2 Å². The predicted molar refractivity (Wildman–Crippen MR) is 71.1 cm³/mol. The molecule has 1 unspecified atom stereocenters. The van der Waals surface area contributed by atoms with Crippen LogP contribution in [0.4, 0.5) is 0 Å². The van der Waals surface area contributed by atoms with Crippen molar-refractivity contribution in [3.63, 3.8) is 0 Å². The summed E-state index contributed by atoms with van der Waals surface area (Å²) in [5, 5.41) is 0. The summed E-state index contributed by atoms with van der Waals surface area (Å²) >= 11 is 0. The van der Waals surface area contributed by atoms with Gasteiger partial charge >= 0.3 is 0 Å². The van der Waals surface area contributed by atoms with Crippen LogP contribution in [0.1, 0.15) is 10.5 Å². The van der Waals surface area contributed by atoms with Crippen molar-refractivity contribution < 1.29 is 9.00 Å². The number of nitrogens with one attached hydrogen (secondary N) is 1. The fourth-order valence-corrected chi connectivity index (χ4v) is 2.45. The van der Waals surface area contributed by atoms with Gasteiger partial charge in [0, 0.05) is 18.5 Å². The smallest absolute Gasteiger partial charge is 0.266 e. The Morgan fingerprint density at radius 2 is 2.16 bits per heavy atom. The van der Waals surface area contributed by atoms with Crippen molar-refractivity contribution in [2.75, 3.05) is 6.26 Å². The van der Waals surface area contributed by atoms with Gasteiger partial charge in [-0.1, -0.05) is 6.07 Å². The number of hydrogen-bond acceptors (Lipinski definition) is 4. The van der Waals surface area contributed by atoms with E-state index >= 15 is 0 Å². The molecule has 0 aliphatic rings. The van der Waals surface area contributed by atoms with Crippen LogP contribution in [-0.4, -0.2) is 26.3 Å². The van der Waals surface area contributed by atoms with Crippen LogP contribution in [0.5, 0.6) is 0 Å². The van der Waals surface area contributed by atoms with Crippen LogP contribution in [0.2, 0.25) is 0 Å². The van der Waals surface area contributed by atoms with E-state index in [4.69, 9.17) is 5.73 Å². The van der Waals surface area contributed by atoms with Gasteiger partial charge in [0.05, 0.1) is 22.2 Å². The molecule has 1 amide bonds. The second-order valence-corrected chi connectivity index (χ2v) is 5.10. The molecule has 0 fully saturated rings. The average Bonchev–Trinajstić information content (AvgIpc) is 2.38. The number of primary amides is 1. The Balaban J connectivity index is 2.72. The van der Waals surface area contributed by atoms with Crippen LogP contribution in [0.15, 0.2) is 40.2 Å². The molecule has 0 aliphatic heterocycles. The fourth-order valence-electron chi connectivity index (χ4n) is 1.67. The Labute approximate surface area is 111 Å². The first-order valence-electron chi connectivity index (χ1n) is 5.32. The first-order chi connectivity index (χ1) is 9.00. The first-order valence-corrected chi connectivity index (χ1v) is 6.88. The number of amides is 1. The number of aromatic amines is 1. The molecular formula is C12H11N3O3S. The van der Waals surface area contributed by atoms with Crippen molar-refractivity contribution in [2.24, 2.45) is 5.73 Å². The van der Waals surface area contributed by atoms with E-state index in [2.05, 4.69) is 9.97 Å². The van der Waals surface area contributed by atoms with Gasteiger partial charge in [-0.2, -0.15) is 0 Å². The fraction of sp³-hybridized carbons (Fsp3) is 0.0833. The lowest BCUT2D eigenvalue weighted by atomic mass is 10.2. The lowest BCUT2D eigenvalue weighted by Gasteiger charge is -2.07. The largest absolute Gasteiger partial charge is 0.364 e. The van der Waals surface area contributed by atoms with Gasteiger partial charge in [0.15, 0.2) is 5.43 Å². The molecule has 1 atom stereocenters. The number of H-pyrrole nitrogens is 1. The molecule has 6 nitrogen and oxygen atoms in total. The van der Waals surface area contributed by atoms with Gasteiger partial charge < -0.3 is 10.7 Å². The maximum Gasteiger partial charge on any atom is 0.266 e. The summed E-state index contributed by atoms with van der Waals surface area (Å²) < 4.78 is 11.5. The molecule has 0 spiro atoms. The van der Waals surface area contributed by atoms with E-state index in [9.17, 15) is 13.8 Å². The SMILES string of the molecule is CS(=O)c1c(C(N)=O)[nH]c(-c2ccccn2)cc1=O. The van der Waals surface area contributed by atoms with Crippen molar-refractivity contribution in [2.45, 2.75) is 4.90 Å². The Hall–Kier alpha value is -2.28. The molecule has 0 radical (unpaired) electrons. The zero-order valence-corrected chi connectivity index (χ0v) is 10.9. The van der Waals surface area contributed by atoms with Crippen molar-refractivity contribution >= 4 is 16.7 Å². The van der Waals surface area contributed by atoms with E-state index in [0.717, 1.165) is 0 Å². The second kappa shape index (κ2) is 5.15. The van der Waals surface area contributed by atoms with Gasteiger partial charge in [0.1, 0.15) is 10.6 Å². The van der Waals surface area contributed by atoms with E-state index in [1.165, 1.54) is 12.3 Å². The molecule has 0 bridgehead atoms. The van der Waals surface area contributed by atoms with E-state index in [-0.39, 0.29) is 10.6 Å². The maximum atomic E-state index is 11.9. The van der Waals surface area contributed by atoms with E-state index in [1.807, 2.05) is 0 Å². The number of aromatic nitrogens is 2. The summed E-state index contributed by atoms with van der Waals surface area (Å²) in [7, 11) is -1.60. The third-order valence-corrected chi connectivity index (χ3v) is 3.44. The highest BCUT2D eigenvalue weighted by molar-refractivity contribution is 7.84. The number of hydrogen-bond donors (Lipinski definition) is 2. The Kier molecular flexibility index (Phi) is 3.57. The molecule has 0 saturated carbocycles. The second-order valence-electron chi connectivity index (χ2n) is 3.78. The topological polar surface area (TPSA) is 106 Å². The van der Waals surface area contributed by atoms with Gasteiger partial charge in [-0.3, -0.25) is 18.8 Å². The Morgan fingerprint density at radius 3 is 2.68 bits per heavy atom. The Morgan fingerprint density at radius 1 is 1.42 bits per heavy atom. The van der Waals surface area contributed by atoms with Crippen LogP contribution in [0, 0.1) is 0 Å². The minimum absolute atomic E-state index is 0.118. The first kappa shape index (κ1) is 13.2. The van der Waals surface area contributed by atoms with Gasteiger partial charge in [0.25, 0.3) is 5.91 Å². The molecule has 2 aromatic rings. The van der Waals surface area contributed by atoms with E-state index in [1.54, 1.807) is 24.4 Å². The molecule has 3 N–H and O–H groups in total. The minimum atomic E-state index is -1.60. The highest BCUT2D eigenvalue weighted by Gasteiger charge is 2.17. The summed E-state index contributed by atoms with van der Waals surface area (Å²) in [5.74, 6) is -0.833. The third-order valence-electron chi connectivity index (χ3n) is 2.46. The van der Waals surface area contributed by atoms with Crippen molar-refractivity contribution in [3.8, 4) is 11.4 Å². The van der Waals surface area contributed by atoms with Crippen LogP contribution >= 0.6 is 0 Å². The van der Waals surface area contributed by atoms with Crippen LogP contribution in [-0.2, 0) is 10.8 Å². The Bertz CT molecular complexity index is 710. The maximum absolute atomic E-state index is 11.9. The summed E-state index contributed by atoms with van der Waals surface area (Å²) in [6, 6.07) is 6.41. The number of pyridine rings is 2. The molecule has 2 heterocycles.